The number of anilines is 1. The van der Waals surface area contributed by atoms with Gasteiger partial charge in [0, 0.05) is 24.8 Å². The van der Waals surface area contributed by atoms with Crippen LogP contribution in [0, 0.1) is 6.92 Å². The van der Waals surface area contributed by atoms with Gasteiger partial charge in [-0.3, -0.25) is 4.79 Å². The summed E-state index contributed by atoms with van der Waals surface area (Å²) in [5.41, 5.74) is 4.53. The number of aromatic nitrogens is 3. The van der Waals surface area contributed by atoms with Gasteiger partial charge in [0.2, 0.25) is 0 Å². The van der Waals surface area contributed by atoms with Crippen LogP contribution in [0.4, 0.5) is 5.69 Å². The lowest BCUT2D eigenvalue weighted by Crippen LogP contribution is -2.36. The number of H-pyrrole nitrogens is 1. The summed E-state index contributed by atoms with van der Waals surface area (Å²) in [6, 6.07) is 6.13. The molecule has 0 spiro atoms. The fourth-order valence-electron chi connectivity index (χ4n) is 3.77. The Hall–Kier alpha value is -2.65. The van der Waals surface area contributed by atoms with Crippen LogP contribution in [0.1, 0.15) is 18.4 Å². The molecule has 1 aromatic carbocycles. The fraction of sp³-hybridized carbons (Fsp3) is 0.409. The number of piperidine rings is 1. The zero-order chi connectivity index (χ0) is 22.0. The number of rotatable bonds is 6. The quantitative estimate of drug-likeness (QED) is 0.494. The van der Waals surface area contributed by atoms with E-state index < -0.39 is 0 Å². The van der Waals surface area contributed by atoms with Gasteiger partial charge < -0.3 is 25.3 Å². The number of hydrogen-bond acceptors (Lipinski definition) is 6. The van der Waals surface area contributed by atoms with Gasteiger partial charge in [-0.05, 0) is 79.6 Å². The molecule has 31 heavy (non-hydrogen) atoms. The highest BCUT2D eigenvalue weighted by Crippen LogP contribution is 2.33. The molecule has 9 heteroatoms. The highest BCUT2D eigenvalue weighted by atomic mass is 79.9. The molecule has 1 aliphatic rings. The first-order valence-corrected chi connectivity index (χ1v) is 11.2. The van der Waals surface area contributed by atoms with Crippen molar-refractivity contribution in [3.63, 3.8) is 0 Å². The molecule has 2 aromatic heterocycles. The number of aryl methyl sites for hydroxylation is 1. The zero-order valence-corrected chi connectivity index (χ0v) is 19.5. The van der Waals surface area contributed by atoms with Crippen LogP contribution in [0.15, 0.2) is 28.9 Å². The highest BCUT2D eigenvalue weighted by Gasteiger charge is 2.20. The van der Waals surface area contributed by atoms with E-state index in [-0.39, 0.29) is 12.5 Å². The molecule has 0 bridgehead atoms. The molecule has 0 unspecified atom stereocenters. The number of amides is 1. The standard InChI is InChI=1S/C22H27BrN6O2/c1-13-10-15(31-12-18(30)24-2)4-5-16(13)21-27-20-19(17(23)11-25-22(20)28-21)26-14-6-8-29(3)9-7-14/h4-5,10-11,14H,6-9,12H2,1-3H3,(H,24,30)(H2,25,26,27,28). The number of benzene rings is 1. The second-order valence-corrected chi connectivity index (χ2v) is 8.78. The molecule has 0 aliphatic carbocycles. The molecular weight excluding hydrogens is 460 g/mol. The van der Waals surface area contributed by atoms with Crippen molar-refractivity contribution in [2.24, 2.45) is 0 Å². The maximum absolute atomic E-state index is 11.4. The summed E-state index contributed by atoms with van der Waals surface area (Å²) in [7, 11) is 3.75. The molecule has 0 radical (unpaired) electrons. The molecule has 1 fully saturated rings. The van der Waals surface area contributed by atoms with Crippen molar-refractivity contribution in [2.45, 2.75) is 25.8 Å². The van der Waals surface area contributed by atoms with Crippen molar-refractivity contribution in [1.29, 1.82) is 0 Å². The lowest BCUT2D eigenvalue weighted by atomic mass is 10.1. The van der Waals surface area contributed by atoms with Gasteiger partial charge in [0.05, 0.1) is 10.2 Å². The van der Waals surface area contributed by atoms with Gasteiger partial charge in [0.1, 0.15) is 17.1 Å². The van der Waals surface area contributed by atoms with E-state index in [9.17, 15) is 4.79 Å². The van der Waals surface area contributed by atoms with Crippen molar-refractivity contribution < 1.29 is 9.53 Å². The normalized spacial score (nSPS) is 15.2. The van der Waals surface area contributed by atoms with Crippen molar-refractivity contribution in [2.75, 3.05) is 39.1 Å². The maximum atomic E-state index is 11.4. The minimum absolute atomic E-state index is 0.0101. The topological polar surface area (TPSA) is 95.2 Å². The monoisotopic (exact) mass is 486 g/mol. The van der Waals surface area contributed by atoms with Gasteiger partial charge in [-0.15, -0.1) is 0 Å². The van der Waals surface area contributed by atoms with Gasteiger partial charge >= 0.3 is 0 Å². The Kier molecular flexibility index (Phi) is 6.43. The number of fused-ring (bicyclic) bond motifs is 1. The van der Waals surface area contributed by atoms with Crippen LogP contribution in [0.2, 0.25) is 0 Å². The summed E-state index contributed by atoms with van der Waals surface area (Å²) in [5.74, 6) is 1.23. The lowest BCUT2D eigenvalue weighted by Gasteiger charge is -2.30. The van der Waals surface area contributed by atoms with Crippen LogP contribution in [0.3, 0.4) is 0 Å². The summed E-state index contributed by atoms with van der Waals surface area (Å²) < 4.78 is 6.46. The molecule has 4 rings (SSSR count). The Balaban J connectivity index is 1.60. The summed E-state index contributed by atoms with van der Waals surface area (Å²) >= 11 is 3.65. The molecule has 3 N–H and O–H groups in total. The van der Waals surface area contributed by atoms with Gasteiger partial charge in [-0.25, -0.2) is 9.97 Å². The molecule has 164 valence electrons. The zero-order valence-electron chi connectivity index (χ0n) is 18.0. The Morgan fingerprint density at radius 2 is 2.13 bits per heavy atom. The summed E-state index contributed by atoms with van der Waals surface area (Å²) in [5, 5.41) is 6.24. The van der Waals surface area contributed by atoms with Gasteiger partial charge in [0.25, 0.3) is 5.91 Å². The number of likely N-dealkylation sites (N-methyl/N-ethyl adjacent to an activating group) is 1. The van der Waals surface area contributed by atoms with Crippen LogP contribution in [0.25, 0.3) is 22.6 Å². The third-order valence-corrected chi connectivity index (χ3v) is 6.24. The molecule has 1 saturated heterocycles. The summed E-state index contributed by atoms with van der Waals surface area (Å²) in [4.78, 5) is 26.4. The number of likely N-dealkylation sites (tertiary alicyclic amines) is 1. The first-order chi connectivity index (χ1) is 14.9. The van der Waals surface area contributed by atoms with E-state index in [0.29, 0.717) is 17.4 Å². The number of pyridine rings is 1. The smallest absolute Gasteiger partial charge is 0.257 e. The van der Waals surface area contributed by atoms with Crippen LogP contribution >= 0.6 is 15.9 Å². The number of nitrogens with zero attached hydrogens (tertiary/aromatic N) is 3. The number of halogens is 1. The predicted molar refractivity (Wildman–Crippen MR) is 125 cm³/mol. The number of hydrogen-bond donors (Lipinski definition) is 3. The minimum atomic E-state index is -0.166. The summed E-state index contributed by atoms with van der Waals surface area (Å²) in [6.45, 7) is 4.16. The number of nitrogens with one attached hydrogen (secondary N) is 3. The van der Waals surface area contributed by atoms with Gasteiger partial charge in [0.15, 0.2) is 12.3 Å². The van der Waals surface area contributed by atoms with Crippen molar-refractivity contribution in [3.05, 3.63) is 34.4 Å². The predicted octanol–water partition coefficient (Wildman–Crippen LogP) is 3.33. The number of carbonyl (C=O) groups is 1. The van der Waals surface area contributed by atoms with Crippen molar-refractivity contribution >= 4 is 38.7 Å². The molecule has 1 amide bonds. The first kappa shape index (κ1) is 21.6. The van der Waals surface area contributed by atoms with Crippen molar-refractivity contribution in [3.8, 4) is 17.1 Å². The Morgan fingerprint density at radius 1 is 1.35 bits per heavy atom. The Morgan fingerprint density at radius 3 is 2.84 bits per heavy atom. The third-order valence-electron chi connectivity index (χ3n) is 5.64. The van der Waals surface area contributed by atoms with E-state index in [2.05, 4.69) is 48.5 Å². The van der Waals surface area contributed by atoms with Crippen LogP contribution in [0.5, 0.6) is 5.75 Å². The summed E-state index contributed by atoms with van der Waals surface area (Å²) in [6.07, 6.45) is 4.00. The van der Waals surface area contributed by atoms with E-state index in [0.717, 1.165) is 58.6 Å². The molecule has 1 aliphatic heterocycles. The first-order valence-electron chi connectivity index (χ1n) is 10.4. The minimum Gasteiger partial charge on any atom is -0.484 e. The lowest BCUT2D eigenvalue weighted by molar-refractivity contribution is -0.122. The van der Waals surface area contributed by atoms with Crippen LogP contribution in [-0.4, -0.2) is 65.6 Å². The average molecular weight is 487 g/mol. The molecule has 8 nitrogen and oxygen atoms in total. The third kappa shape index (κ3) is 4.83. The van der Waals surface area contributed by atoms with Crippen LogP contribution in [-0.2, 0) is 4.79 Å². The van der Waals surface area contributed by atoms with E-state index in [1.165, 1.54) is 0 Å². The molecule has 0 atom stereocenters. The average Bonchev–Trinajstić information content (AvgIpc) is 3.19. The number of imidazole rings is 1. The van der Waals surface area contributed by atoms with Crippen molar-refractivity contribution in [1.82, 2.24) is 25.2 Å². The van der Waals surface area contributed by atoms with E-state index >= 15 is 0 Å². The largest absolute Gasteiger partial charge is 0.484 e. The Bertz CT molecular complexity index is 1090. The Labute approximate surface area is 189 Å². The number of carbonyl (C=O) groups excluding carboxylic acids is 1. The molecular formula is C22H27BrN6O2. The molecule has 0 saturated carbocycles. The van der Waals surface area contributed by atoms with E-state index in [1.54, 1.807) is 13.2 Å². The molecule has 3 aromatic rings. The van der Waals surface area contributed by atoms with Crippen LogP contribution < -0.4 is 15.4 Å². The molecule has 3 heterocycles. The second-order valence-electron chi connectivity index (χ2n) is 7.93. The number of ether oxygens (including phenoxy) is 1. The number of aromatic amines is 1. The van der Waals surface area contributed by atoms with Gasteiger partial charge in [-0.1, -0.05) is 0 Å². The SMILES string of the molecule is CNC(=O)COc1ccc(-c2nc3ncc(Br)c(NC4CCN(C)CC4)c3[nH]2)c(C)c1. The van der Waals surface area contributed by atoms with E-state index in [1.807, 2.05) is 25.1 Å². The fourth-order valence-corrected chi connectivity index (χ4v) is 4.19. The van der Waals surface area contributed by atoms with Gasteiger partial charge in [-0.2, -0.15) is 0 Å². The highest BCUT2D eigenvalue weighted by molar-refractivity contribution is 9.10. The second kappa shape index (κ2) is 9.23. The van der Waals surface area contributed by atoms with E-state index in [4.69, 9.17) is 9.72 Å². The maximum Gasteiger partial charge on any atom is 0.257 e.